The predicted molar refractivity (Wildman–Crippen MR) is 116 cm³/mol. The number of methoxy groups -OCH3 is 1. The van der Waals surface area contributed by atoms with Gasteiger partial charge in [-0.2, -0.15) is 18.4 Å². The van der Waals surface area contributed by atoms with Crippen LogP contribution in [0.5, 0.6) is 0 Å². The lowest BCUT2D eigenvalue weighted by atomic mass is 9.73. The summed E-state index contributed by atoms with van der Waals surface area (Å²) in [4.78, 5) is 21.1. The molecule has 1 aromatic carbocycles. The Morgan fingerprint density at radius 3 is 2.79 bits per heavy atom. The molecule has 9 heteroatoms. The van der Waals surface area contributed by atoms with Gasteiger partial charge in [0, 0.05) is 62.2 Å². The Morgan fingerprint density at radius 1 is 1.33 bits per heavy atom. The topological polar surface area (TPSA) is 69.5 Å². The number of ether oxygens (including phenoxy) is 1. The van der Waals surface area contributed by atoms with Crippen molar-refractivity contribution in [3.63, 3.8) is 0 Å². The second kappa shape index (κ2) is 8.67. The second-order valence-electron chi connectivity index (χ2n) is 8.85. The van der Waals surface area contributed by atoms with Crippen molar-refractivity contribution < 1.29 is 22.7 Å². The van der Waals surface area contributed by atoms with E-state index in [0.717, 1.165) is 6.07 Å². The largest absolute Gasteiger partial charge is 0.417 e. The van der Waals surface area contributed by atoms with E-state index in [9.17, 15) is 18.0 Å². The Bertz CT molecular complexity index is 1100. The van der Waals surface area contributed by atoms with Crippen LogP contribution < -0.4 is 4.90 Å². The number of pyridine rings is 1. The Morgan fingerprint density at radius 2 is 2.12 bits per heavy atom. The van der Waals surface area contributed by atoms with Gasteiger partial charge in [-0.05, 0) is 43.7 Å². The normalized spacial score (nSPS) is 22.7. The summed E-state index contributed by atoms with van der Waals surface area (Å²) in [5.74, 6) is -0.0418. The van der Waals surface area contributed by atoms with Crippen molar-refractivity contribution >= 4 is 11.6 Å². The number of halogens is 3. The van der Waals surface area contributed by atoms with Gasteiger partial charge in [-0.15, -0.1) is 0 Å². The molecule has 2 saturated heterocycles. The van der Waals surface area contributed by atoms with Gasteiger partial charge in [0.05, 0.1) is 29.4 Å². The number of piperidine rings is 1. The highest BCUT2D eigenvalue weighted by Gasteiger charge is 2.50. The van der Waals surface area contributed by atoms with Gasteiger partial charge in [0.25, 0.3) is 5.91 Å². The van der Waals surface area contributed by atoms with Gasteiger partial charge in [0.1, 0.15) is 0 Å². The average molecular weight is 458 g/mol. The van der Waals surface area contributed by atoms with Gasteiger partial charge >= 0.3 is 6.18 Å². The van der Waals surface area contributed by atoms with E-state index in [0.29, 0.717) is 56.2 Å². The van der Waals surface area contributed by atoms with Crippen molar-refractivity contribution in [1.29, 1.82) is 5.26 Å². The van der Waals surface area contributed by atoms with Crippen LogP contribution in [0, 0.1) is 29.6 Å². The van der Waals surface area contributed by atoms with E-state index in [1.54, 1.807) is 44.5 Å². The van der Waals surface area contributed by atoms with Crippen molar-refractivity contribution in [3.8, 4) is 6.07 Å². The lowest BCUT2D eigenvalue weighted by Gasteiger charge is -2.43. The molecule has 4 rings (SSSR count). The molecule has 2 aromatic rings. The molecule has 0 saturated carbocycles. The van der Waals surface area contributed by atoms with Crippen LogP contribution in [0.3, 0.4) is 0 Å². The van der Waals surface area contributed by atoms with Crippen LogP contribution in [0.4, 0.5) is 18.9 Å². The number of hydrogen-bond acceptors (Lipinski definition) is 5. The monoisotopic (exact) mass is 458 g/mol. The summed E-state index contributed by atoms with van der Waals surface area (Å²) >= 11 is 0. The molecule has 0 N–H and O–H groups in total. The zero-order valence-electron chi connectivity index (χ0n) is 18.5. The summed E-state index contributed by atoms with van der Waals surface area (Å²) < 4.78 is 46.0. The van der Waals surface area contributed by atoms with Gasteiger partial charge in [-0.1, -0.05) is 0 Å². The van der Waals surface area contributed by atoms with E-state index in [2.05, 4.69) is 4.98 Å². The van der Waals surface area contributed by atoms with Crippen molar-refractivity contribution in [2.24, 2.45) is 11.3 Å². The standard InChI is InChI=1S/C24H25F3N4O2/c1-16-20(4-3-8-29-16)22(32)30-9-7-23(15-33-2)14-31(13-18(23)12-30)19-6-5-17(11-28)21(10-19)24(25,26)27/h3-6,8,10,18H,7,9,12-15H2,1-2H3. The molecule has 0 radical (unpaired) electrons. The number of fused-ring (bicyclic) bond motifs is 1. The third-order valence-electron chi connectivity index (χ3n) is 6.88. The maximum absolute atomic E-state index is 13.5. The van der Waals surface area contributed by atoms with Crippen LogP contribution in [0.1, 0.15) is 33.6 Å². The molecule has 2 aliphatic heterocycles. The average Bonchev–Trinajstić information content (AvgIpc) is 3.16. The van der Waals surface area contributed by atoms with Gasteiger partial charge in [-0.25, -0.2) is 0 Å². The molecule has 0 aliphatic carbocycles. The number of aryl methyl sites for hydroxylation is 1. The van der Waals surface area contributed by atoms with Crippen LogP contribution in [0.15, 0.2) is 36.5 Å². The first-order chi connectivity index (χ1) is 15.7. The maximum atomic E-state index is 13.5. The first kappa shape index (κ1) is 23.1. The molecule has 1 amide bonds. The maximum Gasteiger partial charge on any atom is 0.417 e. The molecule has 0 bridgehead atoms. The summed E-state index contributed by atoms with van der Waals surface area (Å²) in [6.45, 7) is 4.33. The van der Waals surface area contributed by atoms with Gasteiger partial charge in [-0.3, -0.25) is 9.78 Å². The highest BCUT2D eigenvalue weighted by Crippen LogP contribution is 2.45. The van der Waals surface area contributed by atoms with E-state index in [1.807, 2.05) is 9.80 Å². The Hall–Kier alpha value is -3.12. The molecule has 6 nitrogen and oxygen atoms in total. The van der Waals surface area contributed by atoms with Crippen LogP contribution >= 0.6 is 0 Å². The molecule has 2 unspecified atom stereocenters. The van der Waals surface area contributed by atoms with E-state index < -0.39 is 17.3 Å². The smallest absolute Gasteiger partial charge is 0.384 e. The van der Waals surface area contributed by atoms with E-state index in [4.69, 9.17) is 10.00 Å². The first-order valence-corrected chi connectivity index (χ1v) is 10.7. The number of anilines is 1. The second-order valence-corrected chi connectivity index (χ2v) is 8.85. The lowest BCUT2D eigenvalue weighted by Crippen LogP contribution is -2.51. The third kappa shape index (κ3) is 4.27. The van der Waals surface area contributed by atoms with Crippen molar-refractivity contribution in [1.82, 2.24) is 9.88 Å². The summed E-state index contributed by atoms with van der Waals surface area (Å²) in [6, 6.07) is 8.97. The highest BCUT2D eigenvalue weighted by atomic mass is 19.4. The van der Waals surface area contributed by atoms with Crippen molar-refractivity contribution in [2.45, 2.75) is 19.5 Å². The molecule has 0 spiro atoms. The fraction of sp³-hybridized carbons (Fsp3) is 0.458. The van der Waals surface area contributed by atoms with Crippen molar-refractivity contribution in [3.05, 3.63) is 58.9 Å². The van der Waals surface area contributed by atoms with Crippen LogP contribution in [-0.4, -0.2) is 55.7 Å². The minimum absolute atomic E-state index is 0.0390. The number of carbonyl (C=O) groups is 1. The Kier molecular flexibility index (Phi) is 6.06. The fourth-order valence-corrected chi connectivity index (χ4v) is 5.13. The molecule has 3 heterocycles. The van der Waals surface area contributed by atoms with Crippen molar-refractivity contribution in [2.75, 3.05) is 44.8 Å². The summed E-state index contributed by atoms with van der Waals surface area (Å²) in [5.41, 5.74) is 0.0734. The molecular formula is C24H25F3N4O2. The quantitative estimate of drug-likeness (QED) is 0.695. The molecular weight excluding hydrogens is 433 g/mol. The molecule has 2 atom stereocenters. The first-order valence-electron chi connectivity index (χ1n) is 10.7. The third-order valence-corrected chi connectivity index (χ3v) is 6.88. The van der Waals surface area contributed by atoms with E-state index >= 15 is 0 Å². The van der Waals surface area contributed by atoms with Gasteiger partial charge in [0.2, 0.25) is 0 Å². The number of rotatable bonds is 4. The number of alkyl halides is 3. The number of likely N-dealkylation sites (tertiary alicyclic amines) is 1. The SMILES string of the molecule is COCC12CCN(C(=O)c3cccnc3C)CC1CN(c1ccc(C#N)c(C(F)(F)F)c1)C2. The minimum atomic E-state index is -4.61. The molecule has 2 aliphatic rings. The lowest BCUT2D eigenvalue weighted by molar-refractivity contribution is -0.137. The summed E-state index contributed by atoms with van der Waals surface area (Å²) in [6.07, 6.45) is -2.27. The zero-order valence-corrected chi connectivity index (χ0v) is 18.5. The molecule has 33 heavy (non-hydrogen) atoms. The molecule has 174 valence electrons. The predicted octanol–water partition coefficient (Wildman–Crippen LogP) is 3.90. The van der Waals surface area contributed by atoms with E-state index in [1.165, 1.54) is 6.07 Å². The Labute approximate surface area is 190 Å². The van der Waals surface area contributed by atoms with Crippen LogP contribution in [0.25, 0.3) is 0 Å². The number of aromatic nitrogens is 1. The number of amides is 1. The fourth-order valence-electron chi connectivity index (χ4n) is 5.13. The highest BCUT2D eigenvalue weighted by molar-refractivity contribution is 5.95. The minimum Gasteiger partial charge on any atom is -0.384 e. The van der Waals surface area contributed by atoms with Gasteiger partial charge in [0.15, 0.2) is 0 Å². The summed E-state index contributed by atoms with van der Waals surface area (Å²) in [7, 11) is 1.62. The molecule has 2 fully saturated rings. The van der Waals surface area contributed by atoms with E-state index in [-0.39, 0.29) is 17.2 Å². The van der Waals surface area contributed by atoms with Gasteiger partial charge < -0.3 is 14.5 Å². The molecule has 1 aromatic heterocycles. The summed E-state index contributed by atoms with van der Waals surface area (Å²) in [5, 5.41) is 9.09. The van der Waals surface area contributed by atoms with Crippen LogP contribution in [0.2, 0.25) is 0 Å². The Balaban J connectivity index is 1.60. The number of hydrogen-bond donors (Lipinski definition) is 0. The number of nitrogens with zero attached hydrogens (tertiary/aromatic N) is 4. The number of benzene rings is 1. The number of nitriles is 1. The number of carbonyl (C=O) groups excluding carboxylic acids is 1. The zero-order chi connectivity index (χ0) is 23.8. The van der Waals surface area contributed by atoms with Crippen LogP contribution in [-0.2, 0) is 10.9 Å².